The van der Waals surface area contributed by atoms with Crippen molar-refractivity contribution < 1.29 is 5.11 Å². The second kappa shape index (κ2) is 3.74. The minimum Gasteiger partial charge on any atom is -0.396 e. The van der Waals surface area contributed by atoms with Crippen LogP contribution in [0.15, 0.2) is 5.51 Å². The smallest absolute Gasteiger partial charge is 0.0797 e. The van der Waals surface area contributed by atoms with Gasteiger partial charge in [-0.2, -0.15) is 0 Å². The maximum atomic E-state index is 9.12. The van der Waals surface area contributed by atoms with Crippen molar-refractivity contribution in [1.82, 2.24) is 4.98 Å². The zero-order valence-electron chi connectivity index (χ0n) is 7.44. The molecule has 0 amide bonds. The molecule has 1 heterocycles. The highest BCUT2D eigenvalue weighted by atomic mass is 32.1. The maximum Gasteiger partial charge on any atom is 0.0797 e. The van der Waals surface area contributed by atoms with E-state index in [-0.39, 0.29) is 12.5 Å². The Labute approximate surface area is 81.6 Å². The molecular formula is C9H14N2OS. The van der Waals surface area contributed by atoms with E-state index in [0.717, 1.165) is 0 Å². The summed E-state index contributed by atoms with van der Waals surface area (Å²) in [7, 11) is 0. The Morgan fingerprint density at radius 3 is 3.00 bits per heavy atom. The van der Waals surface area contributed by atoms with Gasteiger partial charge in [-0.05, 0) is 12.8 Å². The summed E-state index contributed by atoms with van der Waals surface area (Å²) in [5, 5.41) is 9.12. The summed E-state index contributed by atoms with van der Waals surface area (Å²) in [5.74, 6) is 0.755. The van der Waals surface area contributed by atoms with Crippen LogP contribution in [0.25, 0.3) is 0 Å². The average molecular weight is 198 g/mol. The van der Waals surface area contributed by atoms with Gasteiger partial charge in [-0.15, -0.1) is 11.3 Å². The summed E-state index contributed by atoms with van der Waals surface area (Å²) in [4.78, 5) is 5.55. The molecule has 0 saturated heterocycles. The van der Waals surface area contributed by atoms with Gasteiger partial charge < -0.3 is 10.8 Å². The summed E-state index contributed by atoms with van der Waals surface area (Å²) in [6.07, 6.45) is 2.50. The third kappa shape index (κ3) is 1.75. The van der Waals surface area contributed by atoms with Gasteiger partial charge in [-0.25, -0.2) is 4.98 Å². The van der Waals surface area contributed by atoms with Gasteiger partial charge in [0.05, 0.1) is 17.8 Å². The molecule has 1 aromatic rings. The van der Waals surface area contributed by atoms with Crippen molar-refractivity contribution in [2.45, 2.75) is 24.7 Å². The first-order valence-corrected chi connectivity index (χ1v) is 5.49. The van der Waals surface area contributed by atoms with Crippen molar-refractivity contribution in [2.24, 2.45) is 5.73 Å². The minimum absolute atomic E-state index is 0.100. The molecule has 1 aromatic heterocycles. The summed E-state index contributed by atoms with van der Waals surface area (Å²) in [6, 6.07) is 0. The van der Waals surface area contributed by atoms with E-state index in [4.69, 9.17) is 10.8 Å². The van der Waals surface area contributed by atoms with E-state index in [0.29, 0.717) is 12.5 Å². The molecule has 13 heavy (non-hydrogen) atoms. The highest BCUT2D eigenvalue weighted by molar-refractivity contribution is 7.09. The first-order valence-electron chi connectivity index (χ1n) is 4.61. The van der Waals surface area contributed by atoms with Crippen LogP contribution in [0.1, 0.15) is 35.2 Å². The molecule has 3 nitrogen and oxygen atoms in total. The first kappa shape index (κ1) is 9.12. The third-order valence-electron chi connectivity index (χ3n) is 2.46. The van der Waals surface area contributed by atoms with Gasteiger partial charge in [0.2, 0.25) is 0 Å². The largest absolute Gasteiger partial charge is 0.396 e. The van der Waals surface area contributed by atoms with Gasteiger partial charge in [0.15, 0.2) is 0 Å². The second-order valence-corrected chi connectivity index (χ2v) is 4.38. The van der Waals surface area contributed by atoms with Crippen molar-refractivity contribution in [3.63, 3.8) is 0 Å². The molecule has 72 valence electrons. The van der Waals surface area contributed by atoms with Crippen LogP contribution in [0.3, 0.4) is 0 Å². The van der Waals surface area contributed by atoms with E-state index in [1.807, 2.05) is 5.51 Å². The van der Waals surface area contributed by atoms with Crippen LogP contribution in [0, 0.1) is 0 Å². The Bertz CT molecular complexity index is 279. The molecule has 1 aliphatic rings. The molecular weight excluding hydrogens is 184 g/mol. The lowest BCUT2D eigenvalue weighted by Crippen LogP contribution is -2.16. The summed E-state index contributed by atoms with van der Waals surface area (Å²) >= 11 is 1.62. The van der Waals surface area contributed by atoms with Gasteiger partial charge in [-0.3, -0.25) is 0 Å². The molecule has 4 heteroatoms. The summed E-state index contributed by atoms with van der Waals surface area (Å²) in [5.41, 5.74) is 8.63. The lowest BCUT2D eigenvalue weighted by Gasteiger charge is -2.10. The van der Waals surface area contributed by atoms with Crippen LogP contribution < -0.4 is 5.73 Å². The van der Waals surface area contributed by atoms with E-state index in [9.17, 15) is 0 Å². The zero-order valence-corrected chi connectivity index (χ0v) is 8.26. The van der Waals surface area contributed by atoms with Gasteiger partial charge >= 0.3 is 0 Å². The Kier molecular flexibility index (Phi) is 2.62. The van der Waals surface area contributed by atoms with Crippen molar-refractivity contribution in [3.05, 3.63) is 16.1 Å². The lowest BCUT2D eigenvalue weighted by molar-refractivity contribution is 0.269. The van der Waals surface area contributed by atoms with Crippen LogP contribution in [0.5, 0.6) is 0 Å². The Balaban J connectivity index is 2.21. The number of aliphatic hydroxyl groups excluding tert-OH is 1. The molecule has 1 fully saturated rings. The van der Waals surface area contributed by atoms with E-state index < -0.39 is 0 Å². The van der Waals surface area contributed by atoms with Crippen LogP contribution in [0.4, 0.5) is 0 Å². The molecule has 1 aliphatic carbocycles. The lowest BCUT2D eigenvalue weighted by atomic mass is 10.1. The molecule has 1 atom stereocenters. The molecule has 0 aliphatic heterocycles. The summed E-state index contributed by atoms with van der Waals surface area (Å²) in [6.45, 7) is 0.650. The molecule has 0 spiro atoms. The Morgan fingerprint density at radius 2 is 2.46 bits per heavy atom. The predicted molar refractivity (Wildman–Crippen MR) is 53.0 cm³/mol. The monoisotopic (exact) mass is 198 g/mol. The molecule has 0 bridgehead atoms. The van der Waals surface area contributed by atoms with Crippen molar-refractivity contribution in [2.75, 3.05) is 13.2 Å². The van der Waals surface area contributed by atoms with Gasteiger partial charge in [-0.1, -0.05) is 0 Å². The van der Waals surface area contributed by atoms with Crippen molar-refractivity contribution in [1.29, 1.82) is 0 Å². The number of nitrogens with two attached hydrogens (primary N) is 1. The number of nitrogens with zero attached hydrogens (tertiary/aromatic N) is 1. The number of aliphatic hydroxyl groups is 1. The number of thiazole rings is 1. The topological polar surface area (TPSA) is 59.1 Å². The van der Waals surface area contributed by atoms with Gasteiger partial charge in [0.25, 0.3) is 0 Å². The van der Waals surface area contributed by atoms with Gasteiger partial charge in [0, 0.05) is 23.3 Å². The second-order valence-electron chi connectivity index (χ2n) is 3.49. The van der Waals surface area contributed by atoms with E-state index in [1.54, 1.807) is 11.3 Å². The number of hydrogen-bond acceptors (Lipinski definition) is 4. The first-order chi connectivity index (χ1) is 6.36. The summed E-state index contributed by atoms with van der Waals surface area (Å²) < 4.78 is 0. The molecule has 3 N–H and O–H groups in total. The van der Waals surface area contributed by atoms with E-state index >= 15 is 0 Å². The fraction of sp³-hybridized carbons (Fsp3) is 0.667. The Morgan fingerprint density at radius 1 is 1.69 bits per heavy atom. The highest BCUT2D eigenvalue weighted by Gasteiger charge is 2.30. The Hall–Kier alpha value is -0.450. The van der Waals surface area contributed by atoms with Crippen molar-refractivity contribution >= 4 is 11.3 Å². The molecule has 1 saturated carbocycles. The number of hydrogen-bond donors (Lipinski definition) is 2. The average Bonchev–Trinajstić information content (AvgIpc) is 2.89. The minimum atomic E-state index is 0.100. The van der Waals surface area contributed by atoms with Crippen molar-refractivity contribution in [3.8, 4) is 0 Å². The standard InChI is InChI=1S/C9H14N2OS/c10-3-7(4-12)9-8(6-1-2-6)11-5-13-9/h5-7,12H,1-4,10H2. The van der Waals surface area contributed by atoms with E-state index in [2.05, 4.69) is 4.98 Å². The molecule has 1 unspecified atom stereocenters. The number of aromatic nitrogens is 1. The van der Waals surface area contributed by atoms with Gasteiger partial charge in [0.1, 0.15) is 0 Å². The third-order valence-corrected chi connectivity index (χ3v) is 3.47. The fourth-order valence-electron chi connectivity index (χ4n) is 1.50. The van der Waals surface area contributed by atoms with Crippen LogP contribution in [-0.2, 0) is 0 Å². The quantitative estimate of drug-likeness (QED) is 0.760. The molecule has 2 rings (SSSR count). The fourth-order valence-corrected chi connectivity index (χ4v) is 2.48. The maximum absolute atomic E-state index is 9.12. The zero-order chi connectivity index (χ0) is 9.26. The van der Waals surface area contributed by atoms with Crippen LogP contribution in [-0.4, -0.2) is 23.2 Å². The normalized spacial score (nSPS) is 18.9. The molecule has 0 aromatic carbocycles. The van der Waals surface area contributed by atoms with Crippen LogP contribution in [0.2, 0.25) is 0 Å². The molecule has 0 radical (unpaired) electrons. The van der Waals surface area contributed by atoms with Crippen LogP contribution >= 0.6 is 11.3 Å². The number of rotatable bonds is 4. The predicted octanol–water partition coefficient (Wildman–Crippen LogP) is 1.06. The van der Waals surface area contributed by atoms with E-state index in [1.165, 1.54) is 23.4 Å². The SMILES string of the molecule is NCC(CO)c1scnc1C1CC1. The highest BCUT2D eigenvalue weighted by Crippen LogP contribution is 2.43.